The van der Waals surface area contributed by atoms with Gasteiger partial charge in [0.1, 0.15) is 0 Å². The quantitative estimate of drug-likeness (QED) is 0.265. The van der Waals surface area contributed by atoms with Crippen LogP contribution in [0, 0.1) is 6.92 Å². The Kier molecular flexibility index (Phi) is 9.50. The van der Waals surface area contributed by atoms with Crippen LogP contribution in [0.25, 0.3) is 0 Å². The lowest BCUT2D eigenvalue weighted by atomic mass is 10.2. The fourth-order valence-corrected chi connectivity index (χ4v) is 3.48. The van der Waals surface area contributed by atoms with E-state index in [1.165, 1.54) is 10.5 Å². The molecule has 0 atom stereocenters. The molecule has 0 fully saturated rings. The summed E-state index contributed by atoms with van der Waals surface area (Å²) in [6.07, 6.45) is 0. The van der Waals surface area contributed by atoms with E-state index in [2.05, 4.69) is 53.7 Å². The Morgan fingerprint density at radius 3 is 2.17 bits per heavy atom. The van der Waals surface area contributed by atoms with E-state index < -0.39 is 0 Å². The van der Waals surface area contributed by atoms with Gasteiger partial charge in [0.05, 0.1) is 27.9 Å². The minimum absolute atomic E-state index is 0.497. The zero-order valence-electron chi connectivity index (χ0n) is 17.9. The Morgan fingerprint density at radius 2 is 1.62 bits per heavy atom. The van der Waals surface area contributed by atoms with Crippen molar-refractivity contribution in [2.45, 2.75) is 25.3 Å². The van der Waals surface area contributed by atoms with Crippen LogP contribution in [0.1, 0.15) is 18.1 Å². The number of methoxy groups -OCH3 is 3. The molecule has 2 rings (SSSR count). The van der Waals surface area contributed by atoms with Crippen molar-refractivity contribution in [1.82, 2.24) is 10.6 Å². The molecule has 0 aliphatic carbocycles. The number of nitrogens with one attached hydrogen (secondary N) is 2. The van der Waals surface area contributed by atoms with Crippen LogP contribution >= 0.6 is 11.8 Å². The number of hydrogen-bond acceptors (Lipinski definition) is 5. The zero-order chi connectivity index (χ0) is 21.1. The third-order valence-corrected chi connectivity index (χ3v) is 5.19. The summed E-state index contributed by atoms with van der Waals surface area (Å²) in [5, 5.41) is 6.66. The highest BCUT2D eigenvalue weighted by atomic mass is 32.2. The van der Waals surface area contributed by atoms with Gasteiger partial charge in [-0.15, -0.1) is 11.8 Å². The zero-order valence-corrected chi connectivity index (χ0v) is 18.7. The monoisotopic (exact) mass is 417 g/mol. The molecule has 0 radical (unpaired) electrons. The van der Waals surface area contributed by atoms with Crippen molar-refractivity contribution in [1.29, 1.82) is 0 Å². The Labute approximate surface area is 178 Å². The Bertz CT molecular complexity index is 769. The smallest absolute Gasteiger partial charge is 0.203 e. The molecule has 0 amide bonds. The number of hydrogen-bond donors (Lipinski definition) is 2. The molecule has 2 aromatic carbocycles. The van der Waals surface area contributed by atoms with E-state index in [-0.39, 0.29) is 0 Å². The largest absolute Gasteiger partial charge is 0.493 e. The van der Waals surface area contributed by atoms with E-state index in [4.69, 9.17) is 14.2 Å². The van der Waals surface area contributed by atoms with Gasteiger partial charge in [0.25, 0.3) is 0 Å². The Morgan fingerprint density at radius 1 is 0.966 bits per heavy atom. The second-order valence-electron chi connectivity index (χ2n) is 6.32. The van der Waals surface area contributed by atoms with Crippen molar-refractivity contribution in [3.8, 4) is 17.2 Å². The molecule has 0 unspecified atom stereocenters. The summed E-state index contributed by atoms with van der Waals surface area (Å²) in [5.74, 6) is 3.58. The van der Waals surface area contributed by atoms with Crippen molar-refractivity contribution in [2.24, 2.45) is 4.99 Å². The minimum atomic E-state index is 0.497. The number of nitrogens with zero attached hydrogens (tertiary/aromatic N) is 1. The average molecular weight is 418 g/mol. The molecule has 0 aliphatic heterocycles. The van der Waals surface area contributed by atoms with Gasteiger partial charge in [0.15, 0.2) is 17.5 Å². The maximum atomic E-state index is 5.42. The van der Waals surface area contributed by atoms with E-state index in [9.17, 15) is 0 Å². The summed E-state index contributed by atoms with van der Waals surface area (Å²) < 4.78 is 16.2. The SMILES string of the molecule is CCNC(=NCc1cc(OC)c(OC)c(OC)c1)NCCSc1ccc(C)cc1. The molecule has 2 aromatic rings. The summed E-state index contributed by atoms with van der Waals surface area (Å²) >= 11 is 1.83. The third kappa shape index (κ3) is 7.09. The minimum Gasteiger partial charge on any atom is -0.493 e. The predicted octanol–water partition coefficient (Wildman–Crippen LogP) is 3.87. The molecule has 0 saturated heterocycles. The summed E-state index contributed by atoms with van der Waals surface area (Å²) in [4.78, 5) is 5.95. The Balaban J connectivity index is 1.96. The lowest BCUT2D eigenvalue weighted by Crippen LogP contribution is -2.38. The van der Waals surface area contributed by atoms with Gasteiger partial charge in [-0.05, 0) is 43.7 Å². The fraction of sp³-hybridized carbons (Fsp3) is 0.409. The first kappa shape index (κ1) is 22.7. The highest BCUT2D eigenvalue weighted by molar-refractivity contribution is 7.99. The number of benzene rings is 2. The number of aliphatic imine (C=N–C) groups is 1. The first-order valence-electron chi connectivity index (χ1n) is 9.61. The first-order valence-corrected chi connectivity index (χ1v) is 10.6. The van der Waals surface area contributed by atoms with E-state index in [0.717, 1.165) is 30.4 Å². The lowest BCUT2D eigenvalue weighted by molar-refractivity contribution is 0.324. The van der Waals surface area contributed by atoms with E-state index in [1.54, 1.807) is 21.3 Å². The lowest BCUT2D eigenvalue weighted by Gasteiger charge is -2.14. The molecule has 0 saturated carbocycles. The molecule has 2 N–H and O–H groups in total. The van der Waals surface area contributed by atoms with Crippen molar-refractivity contribution in [3.05, 3.63) is 47.5 Å². The van der Waals surface area contributed by atoms with Crippen LogP contribution < -0.4 is 24.8 Å². The van der Waals surface area contributed by atoms with Gasteiger partial charge in [-0.25, -0.2) is 4.99 Å². The Hall–Kier alpha value is -2.54. The van der Waals surface area contributed by atoms with Gasteiger partial charge >= 0.3 is 0 Å². The van der Waals surface area contributed by atoms with Crippen molar-refractivity contribution in [3.63, 3.8) is 0 Å². The third-order valence-electron chi connectivity index (χ3n) is 4.17. The summed E-state index contributed by atoms with van der Waals surface area (Å²) in [6.45, 7) is 6.27. The van der Waals surface area contributed by atoms with Crippen LogP contribution in [0.2, 0.25) is 0 Å². The van der Waals surface area contributed by atoms with Gasteiger partial charge in [-0.3, -0.25) is 0 Å². The normalized spacial score (nSPS) is 11.1. The number of guanidine groups is 1. The molecule has 0 bridgehead atoms. The van der Waals surface area contributed by atoms with Crippen molar-refractivity contribution in [2.75, 3.05) is 40.2 Å². The van der Waals surface area contributed by atoms with E-state index in [1.807, 2.05) is 23.9 Å². The molecule has 0 spiro atoms. The number of ether oxygens (including phenoxy) is 3. The molecule has 6 nitrogen and oxygen atoms in total. The van der Waals surface area contributed by atoms with Crippen LogP contribution in [0.4, 0.5) is 0 Å². The second kappa shape index (κ2) is 12.1. The summed E-state index contributed by atoms with van der Waals surface area (Å²) in [6, 6.07) is 12.4. The van der Waals surface area contributed by atoms with Gasteiger partial charge in [-0.2, -0.15) is 0 Å². The van der Waals surface area contributed by atoms with Gasteiger partial charge in [0, 0.05) is 23.7 Å². The molecule has 7 heteroatoms. The number of thioether (sulfide) groups is 1. The standard InChI is InChI=1S/C22H31N3O3S/c1-6-23-22(24-11-12-29-18-9-7-16(2)8-10-18)25-15-17-13-19(26-3)21(28-5)20(14-17)27-4/h7-10,13-14H,6,11-12,15H2,1-5H3,(H2,23,24,25). The maximum absolute atomic E-state index is 5.42. The maximum Gasteiger partial charge on any atom is 0.203 e. The number of aryl methyl sites for hydroxylation is 1. The molecule has 0 aromatic heterocycles. The summed E-state index contributed by atoms with van der Waals surface area (Å²) in [5.41, 5.74) is 2.26. The highest BCUT2D eigenvalue weighted by Gasteiger charge is 2.13. The molecule has 0 heterocycles. The predicted molar refractivity (Wildman–Crippen MR) is 121 cm³/mol. The summed E-state index contributed by atoms with van der Waals surface area (Å²) in [7, 11) is 4.82. The molecular weight excluding hydrogens is 386 g/mol. The van der Waals surface area contributed by atoms with Crippen LogP contribution in [0.15, 0.2) is 46.3 Å². The first-order chi connectivity index (χ1) is 14.1. The second-order valence-corrected chi connectivity index (χ2v) is 7.49. The van der Waals surface area contributed by atoms with E-state index >= 15 is 0 Å². The molecule has 29 heavy (non-hydrogen) atoms. The van der Waals surface area contributed by atoms with Gasteiger partial charge < -0.3 is 24.8 Å². The average Bonchev–Trinajstić information content (AvgIpc) is 2.75. The highest BCUT2D eigenvalue weighted by Crippen LogP contribution is 2.38. The van der Waals surface area contributed by atoms with Gasteiger partial charge in [0.2, 0.25) is 5.75 Å². The molecular formula is C22H31N3O3S. The molecule has 158 valence electrons. The number of rotatable bonds is 10. The van der Waals surface area contributed by atoms with Crippen molar-refractivity contribution >= 4 is 17.7 Å². The van der Waals surface area contributed by atoms with Crippen LogP contribution in [0.3, 0.4) is 0 Å². The van der Waals surface area contributed by atoms with Gasteiger partial charge in [-0.1, -0.05) is 17.7 Å². The van der Waals surface area contributed by atoms with Crippen LogP contribution in [-0.2, 0) is 6.54 Å². The topological polar surface area (TPSA) is 64.1 Å². The van der Waals surface area contributed by atoms with Crippen LogP contribution in [0.5, 0.6) is 17.2 Å². The van der Waals surface area contributed by atoms with Crippen LogP contribution in [-0.4, -0.2) is 46.1 Å². The van der Waals surface area contributed by atoms with Crippen molar-refractivity contribution < 1.29 is 14.2 Å². The molecule has 0 aliphatic rings. The van der Waals surface area contributed by atoms with E-state index in [0.29, 0.717) is 23.8 Å². The fourth-order valence-electron chi connectivity index (χ4n) is 2.71.